The predicted molar refractivity (Wildman–Crippen MR) is 107 cm³/mol. The summed E-state index contributed by atoms with van der Waals surface area (Å²) in [6.07, 6.45) is 9.70. The van der Waals surface area contributed by atoms with Gasteiger partial charge in [0.25, 0.3) is 0 Å². The van der Waals surface area contributed by atoms with E-state index in [1.54, 1.807) is 11.1 Å². The highest BCUT2D eigenvalue weighted by Crippen LogP contribution is 2.63. The first-order chi connectivity index (χ1) is 13.3. The van der Waals surface area contributed by atoms with E-state index in [1.165, 1.54) is 50.5 Å². The molecule has 1 spiro atoms. The maximum absolute atomic E-state index is 5.87. The van der Waals surface area contributed by atoms with Crippen molar-refractivity contribution in [3.8, 4) is 11.5 Å². The van der Waals surface area contributed by atoms with E-state index in [0.717, 1.165) is 23.3 Å². The zero-order valence-corrected chi connectivity index (χ0v) is 16.0. The zero-order valence-electron chi connectivity index (χ0n) is 16.0. The summed E-state index contributed by atoms with van der Waals surface area (Å²) in [5, 5.41) is 0. The number of ether oxygens (including phenoxy) is 2. The van der Waals surface area contributed by atoms with E-state index in [1.807, 2.05) is 0 Å². The lowest BCUT2D eigenvalue weighted by atomic mass is 9.60. The van der Waals surface area contributed by atoms with E-state index in [4.69, 9.17) is 9.47 Å². The first-order valence-electron chi connectivity index (χ1n) is 10.8. The van der Waals surface area contributed by atoms with Crippen molar-refractivity contribution in [2.75, 3.05) is 13.2 Å². The van der Waals surface area contributed by atoms with Gasteiger partial charge < -0.3 is 9.47 Å². The number of benzene rings is 2. The van der Waals surface area contributed by atoms with Crippen molar-refractivity contribution in [2.24, 2.45) is 11.3 Å². The highest BCUT2D eigenvalue weighted by Gasteiger charge is 2.52. The molecule has 1 aliphatic heterocycles. The van der Waals surface area contributed by atoms with Crippen molar-refractivity contribution in [3.63, 3.8) is 0 Å². The molecule has 3 unspecified atom stereocenters. The number of fused-ring (bicyclic) bond motifs is 5. The highest BCUT2D eigenvalue weighted by molar-refractivity contribution is 5.46. The van der Waals surface area contributed by atoms with Crippen molar-refractivity contribution < 1.29 is 9.47 Å². The molecule has 0 amide bonds. The van der Waals surface area contributed by atoms with Crippen LogP contribution in [0.1, 0.15) is 67.1 Å². The van der Waals surface area contributed by atoms with Gasteiger partial charge in [-0.15, -0.1) is 0 Å². The summed E-state index contributed by atoms with van der Waals surface area (Å²) in [5.41, 5.74) is 5.32. The first kappa shape index (κ1) is 16.0. The Bertz CT molecular complexity index is 864. The van der Waals surface area contributed by atoms with Gasteiger partial charge in [0.05, 0.1) is 0 Å². The van der Waals surface area contributed by atoms with Crippen LogP contribution in [0.25, 0.3) is 0 Å². The highest BCUT2D eigenvalue weighted by atomic mass is 16.6. The smallest absolute Gasteiger partial charge is 0.161 e. The van der Waals surface area contributed by atoms with Gasteiger partial charge in [0.2, 0.25) is 0 Å². The van der Waals surface area contributed by atoms with Crippen molar-refractivity contribution in [2.45, 2.75) is 56.8 Å². The average Bonchev–Trinajstić information content (AvgIpc) is 3.36. The standard InChI is InChI=1S/C25H28O2/c1-2-6-20-18(5-1)16-25(9-3-4-10-25)22-14-19(13-21(20)22)17-7-8-23-24(15-17)27-12-11-26-23/h1-2,5-8,15,19,21-22H,3-4,9-14,16H2. The average molecular weight is 360 g/mol. The Labute approximate surface area is 161 Å². The van der Waals surface area contributed by atoms with E-state index in [9.17, 15) is 0 Å². The molecule has 1 heterocycles. The van der Waals surface area contributed by atoms with E-state index in [0.29, 0.717) is 24.5 Å². The second kappa shape index (κ2) is 6.02. The van der Waals surface area contributed by atoms with Gasteiger partial charge in [0, 0.05) is 0 Å². The predicted octanol–water partition coefficient (Wildman–Crippen LogP) is 5.85. The fourth-order valence-electron chi connectivity index (χ4n) is 6.84. The molecule has 0 N–H and O–H groups in total. The minimum atomic E-state index is 0.571. The number of hydrogen-bond acceptors (Lipinski definition) is 2. The van der Waals surface area contributed by atoms with Crippen LogP contribution in [-0.2, 0) is 6.42 Å². The third-order valence-corrected chi connectivity index (χ3v) is 7.98. The van der Waals surface area contributed by atoms with Crippen LogP contribution >= 0.6 is 0 Å². The van der Waals surface area contributed by atoms with Gasteiger partial charge in [-0.2, -0.15) is 0 Å². The normalized spacial score (nSPS) is 30.1. The van der Waals surface area contributed by atoms with Gasteiger partial charge in [0.15, 0.2) is 11.5 Å². The van der Waals surface area contributed by atoms with Crippen LogP contribution in [-0.4, -0.2) is 13.2 Å². The largest absolute Gasteiger partial charge is 0.486 e. The Morgan fingerprint density at radius 2 is 1.67 bits per heavy atom. The summed E-state index contributed by atoms with van der Waals surface area (Å²) in [6, 6.07) is 16.0. The second-order valence-corrected chi connectivity index (χ2v) is 9.23. The van der Waals surface area contributed by atoms with Gasteiger partial charge >= 0.3 is 0 Å². The van der Waals surface area contributed by atoms with E-state index >= 15 is 0 Å². The molecule has 2 heteroatoms. The van der Waals surface area contributed by atoms with E-state index in [-0.39, 0.29) is 0 Å². The second-order valence-electron chi connectivity index (χ2n) is 9.23. The molecule has 140 valence electrons. The lowest BCUT2D eigenvalue weighted by Crippen LogP contribution is -2.36. The Kier molecular flexibility index (Phi) is 3.58. The lowest BCUT2D eigenvalue weighted by molar-refractivity contribution is 0.136. The van der Waals surface area contributed by atoms with Crippen molar-refractivity contribution in [1.82, 2.24) is 0 Å². The van der Waals surface area contributed by atoms with Crippen molar-refractivity contribution >= 4 is 0 Å². The van der Waals surface area contributed by atoms with Gasteiger partial charge in [0.1, 0.15) is 13.2 Å². The Hall–Kier alpha value is -1.96. The molecule has 6 rings (SSSR count). The topological polar surface area (TPSA) is 18.5 Å². The zero-order chi connectivity index (χ0) is 17.8. The monoisotopic (exact) mass is 360 g/mol. The molecule has 2 aromatic carbocycles. The summed E-state index contributed by atoms with van der Waals surface area (Å²) in [4.78, 5) is 0. The van der Waals surface area contributed by atoms with Crippen LogP contribution in [0.4, 0.5) is 0 Å². The molecule has 3 aliphatic carbocycles. The minimum absolute atomic E-state index is 0.571. The maximum Gasteiger partial charge on any atom is 0.161 e. The summed E-state index contributed by atoms with van der Waals surface area (Å²) < 4.78 is 11.6. The lowest BCUT2D eigenvalue weighted by Gasteiger charge is -2.44. The van der Waals surface area contributed by atoms with Gasteiger partial charge in [-0.25, -0.2) is 0 Å². The third kappa shape index (κ3) is 2.45. The summed E-state index contributed by atoms with van der Waals surface area (Å²) in [5.74, 6) is 4.11. The van der Waals surface area contributed by atoms with Crippen LogP contribution in [0, 0.1) is 11.3 Å². The molecule has 2 nitrogen and oxygen atoms in total. The fourth-order valence-corrected chi connectivity index (χ4v) is 6.84. The molecule has 2 aromatic rings. The Morgan fingerprint density at radius 3 is 2.56 bits per heavy atom. The van der Waals surface area contributed by atoms with Gasteiger partial charge in [-0.3, -0.25) is 0 Å². The van der Waals surface area contributed by atoms with Crippen LogP contribution in [0.5, 0.6) is 11.5 Å². The number of rotatable bonds is 1. The number of hydrogen-bond donors (Lipinski definition) is 0. The van der Waals surface area contributed by atoms with Crippen LogP contribution in [0.2, 0.25) is 0 Å². The molecule has 0 bridgehead atoms. The molecule has 0 saturated heterocycles. The molecule has 0 aromatic heterocycles. The quantitative estimate of drug-likeness (QED) is 0.635. The summed E-state index contributed by atoms with van der Waals surface area (Å²) in [6.45, 7) is 1.34. The minimum Gasteiger partial charge on any atom is -0.486 e. The SMILES string of the molecule is c1ccc2c(c1)CC1(CCCC1)C1CC(c3ccc4c(c3)OCCO4)CC21. The molecular weight excluding hydrogens is 332 g/mol. The van der Waals surface area contributed by atoms with E-state index in [2.05, 4.69) is 42.5 Å². The molecule has 27 heavy (non-hydrogen) atoms. The van der Waals surface area contributed by atoms with Crippen LogP contribution in [0.15, 0.2) is 42.5 Å². The Balaban J connectivity index is 1.37. The van der Waals surface area contributed by atoms with Gasteiger partial charge in [-0.1, -0.05) is 43.2 Å². The molecule has 2 fully saturated rings. The maximum atomic E-state index is 5.87. The molecule has 2 saturated carbocycles. The molecule has 3 atom stereocenters. The molecule has 4 aliphatic rings. The third-order valence-electron chi connectivity index (χ3n) is 7.98. The van der Waals surface area contributed by atoms with Crippen molar-refractivity contribution in [1.29, 1.82) is 0 Å². The van der Waals surface area contributed by atoms with E-state index < -0.39 is 0 Å². The fraction of sp³-hybridized carbons (Fsp3) is 0.520. The summed E-state index contributed by atoms with van der Waals surface area (Å²) >= 11 is 0. The van der Waals surface area contributed by atoms with Crippen molar-refractivity contribution in [3.05, 3.63) is 59.2 Å². The molecular formula is C25H28O2. The first-order valence-corrected chi connectivity index (χ1v) is 10.8. The summed E-state index contributed by atoms with van der Waals surface area (Å²) in [7, 11) is 0. The Morgan fingerprint density at radius 1 is 0.852 bits per heavy atom. The molecule has 0 radical (unpaired) electrons. The van der Waals surface area contributed by atoms with Crippen LogP contribution in [0.3, 0.4) is 0 Å². The van der Waals surface area contributed by atoms with Gasteiger partial charge in [-0.05, 0) is 84.1 Å². The van der Waals surface area contributed by atoms with Crippen LogP contribution < -0.4 is 9.47 Å².